The summed E-state index contributed by atoms with van der Waals surface area (Å²) in [4.78, 5) is 14.4. The number of rotatable bonds is 4. The molecule has 0 bridgehead atoms. The van der Waals surface area contributed by atoms with E-state index in [2.05, 4.69) is 45.0 Å². The van der Waals surface area contributed by atoms with Gasteiger partial charge in [-0.2, -0.15) is 0 Å². The summed E-state index contributed by atoms with van der Waals surface area (Å²) in [6.07, 6.45) is 3.43. The van der Waals surface area contributed by atoms with Gasteiger partial charge in [0.25, 0.3) is 0 Å². The molecule has 0 aliphatic carbocycles. The zero-order valence-electron chi connectivity index (χ0n) is 13.5. The standard InChI is InChI=1S/C18H28N2O/c1-13(2)10-15-4-6-16(7-5-15)12-18(21)20-9-8-17(19)11-14(20)3/h4-7,13-14,17H,8-12,19H2,1-3H3/t14-,17-/m1/s1. The third kappa shape index (κ3) is 4.57. The molecule has 1 aliphatic rings. The minimum Gasteiger partial charge on any atom is -0.340 e. The second kappa shape index (κ2) is 7.08. The molecule has 116 valence electrons. The Hall–Kier alpha value is -1.35. The summed E-state index contributed by atoms with van der Waals surface area (Å²) < 4.78 is 0. The number of likely N-dealkylation sites (tertiary alicyclic amines) is 1. The molecule has 0 aromatic heterocycles. The van der Waals surface area contributed by atoms with Gasteiger partial charge in [-0.3, -0.25) is 4.79 Å². The molecule has 3 nitrogen and oxygen atoms in total. The minimum absolute atomic E-state index is 0.228. The number of piperidine rings is 1. The third-order valence-corrected chi connectivity index (χ3v) is 4.26. The molecular weight excluding hydrogens is 260 g/mol. The normalized spacial score (nSPS) is 22.6. The predicted octanol–water partition coefficient (Wildman–Crippen LogP) is 2.77. The van der Waals surface area contributed by atoms with Gasteiger partial charge in [-0.25, -0.2) is 0 Å². The molecule has 2 atom stereocenters. The summed E-state index contributed by atoms with van der Waals surface area (Å²) in [6, 6.07) is 9.00. The Morgan fingerprint density at radius 1 is 1.29 bits per heavy atom. The maximum absolute atomic E-state index is 12.4. The maximum atomic E-state index is 12.4. The second-order valence-corrected chi connectivity index (χ2v) is 6.81. The summed E-state index contributed by atoms with van der Waals surface area (Å²) >= 11 is 0. The molecular formula is C18H28N2O. The zero-order chi connectivity index (χ0) is 15.4. The number of amides is 1. The molecule has 0 saturated carbocycles. The average molecular weight is 288 g/mol. The van der Waals surface area contributed by atoms with Crippen LogP contribution in [0.4, 0.5) is 0 Å². The molecule has 0 spiro atoms. The molecule has 2 N–H and O–H groups in total. The lowest BCUT2D eigenvalue weighted by Gasteiger charge is -2.36. The second-order valence-electron chi connectivity index (χ2n) is 6.81. The largest absolute Gasteiger partial charge is 0.340 e. The molecule has 1 aromatic rings. The Labute approximate surface area is 128 Å². The number of benzene rings is 1. The van der Waals surface area contributed by atoms with Gasteiger partial charge in [0, 0.05) is 18.6 Å². The van der Waals surface area contributed by atoms with E-state index in [0.717, 1.165) is 31.4 Å². The Morgan fingerprint density at radius 3 is 2.48 bits per heavy atom. The van der Waals surface area contributed by atoms with Gasteiger partial charge >= 0.3 is 0 Å². The molecule has 2 rings (SSSR count). The van der Waals surface area contributed by atoms with Crippen LogP contribution in [0, 0.1) is 5.92 Å². The Kier molecular flexibility index (Phi) is 5.40. The van der Waals surface area contributed by atoms with Crippen LogP contribution in [0.5, 0.6) is 0 Å². The van der Waals surface area contributed by atoms with Crippen LogP contribution >= 0.6 is 0 Å². The van der Waals surface area contributed by atoms with Gasteiger partial charge in [-0.15, -0.1) is 0 Å². The van der Waals surface area contributed by atoms with Gasteiger partial charge in [0.15, 0.2) is 0 Å². The first-order valence-corrected chi connectivity index (χ1v) is 8.08. The third-order valence-electron chi connectivity index (χ3n) is 4.26. The molecule has 0 unspecified atom stereocenters. The Bertz CT molecular complexity index is 467. The summed E-state index contributed by atoms with van der Waals surface area (Å²) in [5.74, 6) is 0.891. The smallest absolute Gasteiger partial charge is 0.227 e. The highest BCUT2D eigenvalue weighted by Crippen LogP contribution is 2.18. The van der Waals surface area contributed by atoms with Crippen molar-refractivity contribution in [2.75, 3.05) is 6.54 Å². The van der Waals surface area contributed by atoms with E-state index in [0.29, 0.717) is 12.3 Å². The first-order chi connectivity index (χ1) is 9.95. The maximum Gasteiger partial charge on any atom is 0.227 e. The zero-order valence-corrected chi connectivity index (χ0v) is 13.5. The monoisotopic (exact) mass is 288 g/mol. The molecule has 1 aliphatic heterocycles. The van der Waals surface area contributed by atoms with Crippen molar-refractivity contribution in [3.63, 3.8) is 0 Å². The lowest BCUT2D eigenvalue weighted by atomic mass is 9.97. The Morgan fingerprint density at radius 2 is 1.90 bits per heavy atom. The molecule has 21 heavy (non-hydrogen) atoms. The molecule has 3 heteroatoms. The van der Waals surface area contributed by atoms with Crippen LogP contribution in [0.1, 0.15) is 44.7 Å². The van der Waals surface area contributed by atoms with Crippen molar-refractivity contribution < 1.29 is 4.79 Å². The fourth-order valence-electron chi connectivity index (χ4n) is 3.12. The highest BCUT2D eigenvalue weighted by molar-refractivity contribution is 5.79. The first-order valence-electron chi connectivity index (χ1n) is 8.08. The number of hydrogen-bond acceptors (Lipinski definition) is 2. The number of carbonyl (C=O) groups excluding carboxylic acids is 1. The number of carbonyl (C=O) groups is 1. The number of nitrogens with two attached hydrogens (primary N) is 1. The quantitative estimate of drug-likeness (QED) is 0.926. The van der Waals surface area contributed by atoms with Crippen molar-refractivity contribution in [3.8, 4) is 0 Å². The molecule has 1 aromatic carbocycles. The van der Waals surface area contributed by atoms with Crippen LogP contribution in [0.15, 0.2) is 24.3 Å². The summed E-state index contributed by atoms with van der Waals surface area (Å²) in [5, 5.41) is 0. The van der Waals surface area contributed by atoms with E-state index >= 15 is 0 Å². The van der Waals surface area contributed by atoms with E-state index in [1.54, 1.807) is 0 Å². The Balaban J connectivity index is 1.93. The fraction of sp³-hybridized carbons (Fsp3) is 0.611. The van der Waals surface area contributed by atoms with E-state index in [9.17, 15) is 4.79 Å². The average Bonchev–Trinajstić information content (AvgIpc) is 2.40. The first kappa shape index (κ1) is 16.0. The van der Waals surface area contributed by atoms with Crippen molar-refractivity contribution in [3.05, 3.63) is 35.4 Å². The van der Waals surface area contributed by atoms with Crippen molar-refractivity contribution in [1.82, 2.24) is 4.90 Å². The van der Waals surface area contributed by atoms with Crippen molar-refractivity contribution in [1.29, 1.82) is 0 Å². The van der Waals surface area contributed by atoms with Crippen molar-refractivity contribution in [2.24, 2.45) is 11.7 Å². The molecule has 1 fully saturated rings. The van der Waals surface area contributed by atoms with Crippen molar-refractivity contribution >= 4 is 5.91 Å². The predicted molar refractivity (Wildman–Crippen MR) is 87.1 cm³/mol. The molecule has 1 amide bonds. The SMILES string of the molecule is CC(C)Cc1ccc(CC(=O)N2CC[C@@H](N)C[C@H]2C)cc1. The molecule has 0 radical (unpaired) electrons. The van der Waals surface area contributed by atoms with Crippen molar-refractivity contribution in [2.45, 2.75) is 58.5 Å². The minimum atomic E-state index is 0.228. The number of hydrogen-bond donors (Lipinski definition) is 1. The van der Waals surface area contributed by atoms with Crippen LogP contribution < -0.4 is 5.73 Å². The number of nitrogens with zero attached hydrogens (tertiary/aromatic N) is 1. The summed E-state index contributed by atoms with van der Waals surface area (Å²) in [7, 11) is 0. The highest BCUT2D eigenvalue weighted by atomic mass is 16.2. The molecule has 1 heterocycles. The lowest BCUT2D eigenvalue weighted by Crippen LogP contribution is -2.48. The van der Waals surface area contributed by atoms with Crippen LogP contribution in [0.2, 0.25) is 0 Å². The van der Waals surface area contributed by atoms with Gasteiger partial charge in [0.1, 0.15) is 0 Å². The lowest BCUT2D eigenvalue weighted by molar-refractivity contribution is -0.133. The van der Waals surface area contributed by atoms with Gasteiger partial charge in [0.05, 0.1) is 6.42 Å². The van der Waals surface area contributed by atoms with Gasteiger partial charge in [-0.05, 0) is 43.2 Å². The van der Waals surface area contributed by atoms with Crippen LogP contribution in [-0.4, -0.2) is 29.4 Å². The van der Waals surface area contributed by atoms with E-state index < -0.39 is 0 Å². The van der Waals surface area contributed by atoms with E-state index in [-0.39, 0.29) is 18.0 Å². The fourth-order valence-corrected chi connectivity index (χ4v) is 3.12. The van der Waals surface area contributed by atoms with Crippen LogP contribution in [-0.2, 0) is 17.6 Å². The van der Waals surface area contributed by atoms with Gasteiger partial charge < -0.3 is 10.6 Å². The van der Waals surface area contributed by atoms with E-state index in [1.165, 1.54) is 5.56 Å². The van der Waals surface area contributed by atoms with Crippen LogP contribution in [0.3, 0.4) is 0 Å². The topological polar surface area (TPSA) is 46.3 Å². The van der Waals surface area contributed by atoms with Crippen LogP contribution in [0.25, 0.3) is 0 Å². The van der Waals surface area contributed by atoms with Gasteiger partial charge in [0.2, 0.25) is 5.91 Å². The summed E-state index contributed by atoms with van der Waals surface area (Å²) in [6.45, 7) is 7.34. The highest BCUT2D eigenvalue weighted by Gasteiger charge is 2.26. The van der Waals surface area contributed by atoms with E-state index in [4.69, 9.17) is 5.73 Å². The van der Waals surface area contributed by atoms with Gasteiger partial charge in [-0.1, -0.05) is 38.1 Å². The van der Waals surface area contributed by atoms with E-state index in [1.807, 2.05) is 4.90 Å². The summed E-state index contributed by atoms with van der Waals surface area (Å²) in [5.41, 5.74) is 8.41. The molecule has 1 saturated heterocycles.